The van der Waals surface area contributed by atoms with E-state index >= 15 is 0 Å². The van der Waals surface area contributed by atoms with Gasteiger partial charge in [0.15, 0.2) is 0 Å². The number of hydrogen-bond acceptors (Lipinski definition) is 6. The number of aromatic nitrogens is 1. The van der Waals surface area contributed by atoms with Crippen molar-refractivity contribution in [3.05, 3.63) is 65.9 Å². The SMILES string of the molecule is NC(=O)CNC(=O)[C@@H](Cc1c[nH]c2ccccc12)NC(=O)[C@@H]1CCCN1C(=O)[C@@H](N)Cc1ccc(O)cc1. The predicted octanol–water partition coefficient (Wildman–Crippen LogP) is 0.0633. The quantitative estimate of drug-likeness (QED) is 0.220. The number of rotatable bonds is 10. The van der Waals surface area contributed by atoms with Gasteiger partial charge < -0.3 is 37.1 Å². The standard InChI is InChI=1S/C27H32N6O5/c28-20(12-16-7-9-18(34)10-8-16)27(38)33-11-3-6-23(33)26(37)32-22(25(36)31-15-24(29)35)13-17-14-30-21-5-2-1-4-19(17)21/h1-2,4-5,7-10,14,20,22-23,30,34H,3,6,11-13,15,28H2,(H2,29,35)(H,31,36)(H,32,37)/t20-,22+,23-/m0/s1. The van der Waals surface area contributed by atoms with E-state index in [1.165, 1.54) is 17.0 Å². The van der Waals surface area contributed by atoms with Gasteiger partial charge in [0, 0.05) is 30.1 Å². The second kappa shape index (κ2) is 11.8. The smallest absolute Gasteiger partial charge is 0.243 e. The number of nitrogens with one attached hydrogen (secondary N) is 3. The number of primary amides is 1. The molecule has 1 saturated heterocycles. The highest BCUT2D eigenvalue weighted by Crippen LogP contribution is 2.22. The Morgan fingerprint density at radius 3 is 2.55 bits per heavy atom. The number of aromatic amines is 1. The van der Waals surface area contributed by atoms with Crippen LogP contribution in [0.15, 0.2) is 54.7 Å². The third kappa shape index (κ3) is 6.30. The predicted molar refractivity (Wildman–Crippen MR) is 141 cm³/mol. The molecule has 2 heterocycles. The van der Waals surface area contributed by atoms with Crippen molar-refractivity contribution in [2.24, 2.45) is 11.5 Å². The summed E-state index contributed by atoms with van der Waals surface area (Å²) in [5, 5.41) is 15.6. The van der Waals surface area contributed by atoms with Crippen LogP contribution in [0.3, 0.4) is 0 Å². The van der Waals surface area contributed by atoms with Crippen molar-refractivity contribution in [3.63, 3.8) is 0 Å². The van der Waals surface area contributed by atoms with Crippen LogP contribution in [0.2, 0.25) is 0 Å². The summed E-state index contributed by atoms with van der Waals surface area (Å²) < 4.78 is 0. The number of para-hydroxylation sites is 1. The lowest BCUT2D eigenvalue weighted by atomic mass is 10.0. The number of carbonyl (C=O) groups excluding carboxylic acids is 4. The normalized spacial score (nSPS) is 16.7. The first-order valence-electron chi connectivity index (χ1n) is 12.5. The molecule has 11 heteroatoms. The van der Waals surface area contributed by atoms with Crippen LogP contribution in [-0.2, 0) is 32.0 Å². The van der Waals surface area contributed by atoms with E-state index in [0.29, 0.717) is 19.4 Å². The molecule has 1 fully saturated rings. The van der Waals surface area contributed by atoms with E-state index in [1.807, 2.05) is 24.3 Å². The van der Waals surface area contributed by atoms with Crippen LogP contribution in [0.5, 0.6) is 5.75 Å². The minimum Gasteiger partial charge on any atom is -0.508 e. The number of benzene rings is 2. The van der Waals surface area contributed by atoms with Crippen LogP contribution in [0.4, 0.5) is 0 Å². The van der Waals surface area contributed by atoms with Crippen LogP contribution in [-0.4, -0.2) is 69.8 Å². The Kier molecular flexibility index (Phi) is 8.27. The first-order chi connectivity index (χ1) is 18.2. The number of nitrogens with zero attached hydrogens (tertiary/aromatic N) is 1. The van der Waals surface area contributed by atoms with Crippen LogP contribution in [0.1, 0.15) is 24.0 Å². The molecule has 8 N–H and O–H groups in total. The maximum absolute atomic E-state index is 13.4. The zero-order chi connectivity index (χ0) is 27.2. The van der Waals surface area contributed by atoms with Gasteiger partial charge in [0.25, 0.3) is 0 Å². The lowest BCUT2D eigenvalue weighted by Gasteiger charge is -2.28. The van der Waals surface area contributed by atoms with Gasteiger partial charge in [-0.3, -0.25) is 19.2 Å². The summed E-state index contributed by atoms with van der Waals surface area (Å²) in [4.78, 5) is 55.3. The molecule has 200 valence electrons. The van der Waals surface area contributed by atoms with Crippen molar-refractivity contribution in [2.45, 2.75) is 43.8 Å². The molecule has 2 aromatic carbocycles. The van der Waals surface area contributed by atoms with Gasteiger partial charge in [-0.2, -0.15) is 0 Å². The first-order valence-corrected chi connectivity index (χ1v) is 12.5. The Balaban J connectivity index is 1.47. The lowest BCUT2D eigenvalue weighted by Crippen LogP contribution is -2.56. The zero-order valence-corrected chi connectivity index (χ0v) is 20.9. The number of likely N-dealkylation sites (tertiary alicyclic amines) is 1. The first kappa shape index (κ1) is 26.7. The lowest BCUT2D eigenvalue weighted by molar-refractivity contribution is -0.140. The van der Waals surface area contributed by atoms with E-state index in [4.69, 9.17) is 11.5 Å². The summed E-state index contributed by atoms with van der Waals surface area (Å²) in [6.45, 7) is 0.0143. The molecule has 1 aromatic heterocycles. The maximum atomic E-state index is 13.4. The van der Waals surface area contributed by atoms with Crippen molar-refractivity contribution in [1.29, 1.82) is 0 Å². The number of amides is 4. The van der Waals surface area contributed by atoms with E-state index in [9.17, 15) is 24.3 Å². The van der Waals surface area contributed by atoms with Crippen molar-refractivity contribution in [1.82, 2.24) is 20.5 Å². The average Bonchev–Trinajstić information content (AvgIpc) is 3.55. The van der Waals surface area contributed by atoms with E-state index in [-0.39, 0.29) is 31.0 Å². The molecular formula is C27H32N6O5. The molecule has 1 aliphatic rings. The fourth-order valence-corrected chi connectivity index (χ4v) is 4.78. The molecule has 0 unspecified atom stereocenters. The van der Waals surface area contributed by atoms with E-state index in [1.54, 1.807) is 18.3 Å². The Bertz CT molecular complexity index is 1320. The summed E-state index contributed by atoms with van der Waals surface area (Å²) in [6, 6.07) is 11.4. The highest BCUT2D eigenvalue weighted by molar-refractivity contribution is 5.95. The largest absolute Gasteiger partial charge is 0.508 e. The van der Waals surface area contributed by atoms with Gasteiger partial charge in [-0.25, -0.2) is 0 Å². The molecule has 1 aliphatic heterocycles. The van der Waals surface area contributed by atoms with E-state index in [2.05, 4.69) is 15.6 Å². The van der Waals surface area contributed by atoms with Crippen molar-refractivity contribution in [2.75, 3.05) is 13.1 Å². The Hall–Kier alpha value is -4.38. The maximum Gasteiger partial charge on any atom is 0.243 e. The van der Waals surface area contributed by atoms with Crippen LogP contribution < -0.4 is 22.1 Å². The van der Waals surface area contributed by atoms with Crippen LogP contribution in [0, 0.1) is 0 Å². The molecule has 4 rings (SSSR count). The molecule has 4 amide bonds. The van der Waals surface area contributed by atoms with Gasteiger partial charge in [-0.05, 0) is 48.6 Å². The highest BCUT2D eigenvalue weighted by atomic mass is 16.3. The Morgan fingerprint density at radius 2 is 1.82 bits per heavy atom. The van der Waals surface area contributed by atoms with Crippen molar-refractivity contribution in [3.8, 4) is 5.75 Å². The van der Waals surface area contributed by atoms with Crippen LogP contribution >= 0.6 is 0 Å². The molecule has 0 aliphatic carbocycles. The molecule has 3 aromatic rings. The monoisotopic (exact) mass is 520 g/mol. The summed E-state index contributed by atoms with van der Waals surface area (Å²) in [5.74, 6) is -1.96. The van der Waals surface area contributed by atoms with Gasteiger partial charge >= 0.3 is 0 Å². The van der Waals surface area contributed by atoms with Gasteiger partial charge in [-0.15, -0.1) is 0 Å². The molecular weight excluding hydrogens is 488 g/mol. The number of fused-ring (bicyclic) bond motifs is 1. The number of phenols is 1. The highest BCUT2D eigenvalue weighted by Gasteiger charge is 2.37. The summed E-state index contributed by atoms with van der Waals surface area (Å²) in [7, 11) is 0. The second-order valence-electron chi connectivity index (χ2n) is 9.48. The number of hydrogen-bond donors (Lipinski definition) is 6. The number of carbonyl (C=O) groups is 4. The third-order valence-corrected chi connectivity index (χ3v) is 6.72. The minimum absolute atomic E-state index is 0.118. The minimum atomic E-state index is -0.996. The second-order valence-corrected chi connectivity index (χ2v) is 9.48. The fraction of sp³-hybridized carbons (Fsp3) is 0.333. The van der Waals surface area contributed by atoms with Gasteiger partial charge in [0.1, 0.15) is 17.8 Å². The number of phenolic OH excluding ortho intramolecular Hbond substituents is 1. The number of H-pyrrole nitrogens is 1. The van der Waals surface area contributed by atoms with E-state index < -0.39 is 35.8 Å². The summed E-state index contributed by atoms with van der Waals surface area (Å²) in [5.41, 5.74) is 13.9. The number of nitrogens with two attached hydrogens (primary N) is 2. The Labute approximate surface area is 219 Å². The van der Waals surface area contributed by atoms with Gasteiger partial charge in [0.2, 0.25) is 23.6 Å². The van der Waals surface area contributed by atoms with Crippen molar-refractivity contribution < 1.29 is 24.3 Å². The zero-order valence-electron chi connectivity index (χ0n) is 20.9. The molecule has 0 spiro atoms. The molecule has 0 radical (unpaired) electrons. The molecule has 11 nitrogen and oxygen atoms in total. The van der Waals surface area contributed by atoms with Gasteiger partial charge in [-0.1, -0.05) is 30.3 Å². The summed E-state index contributed by atoms with van der Waals surface area (Å²) in [6.07, 6.45) is 3.26. The number of aromatic hydroxyl groups is 1. The third-order valence-electron chi connectivity index (χ3n) is 6.72. The Morgan fingerprint density at radius 1 is 1.08 bits per heavy atom. The topological polar surface area (TPSA) is 184 Å². The van der Waals surface area contributed by atoms with Gasteiger partial charge in [0.05, 0.1) is 12.6 Å². The summed E-state index contributed by atoms with van der Waals surface area (Å²) >= 11 is 0. The molecule has 0 bridgehead atoms. The molecule has 38 heavy (non-hydrogen) atoms. The van der Waals surface area contributed by atoms with Crippen molar-refractivity contribution >= 4 is 34.5 Å². The molecule has 3 atom stereocenters. The average molecular weight is 521 g/mol. The van der Waals surface area contributed by atoms with E-state index in [0.717, 1.165) is 22.0 Å². The van der Waals surface area contributed by atoms with Crippen LogP contribution in [0.25, 0.3) is 10.9 Å². The fourth-order valence-electron chi connectivity index (χ4n) is 4.78. The molecule has 0 saturated carbocycles.